The molecule has 4 aromatic rings. The number of amides is 2. The van der Waals surface area contributed by atoms with Gasteiger partial charge in [-0.1, -0.05) is 71.7 Å². The molecule has 50 heavy (non-hydrogen) atoms. The molecule has 2 aliphatic rings. The minimum Gasteiger partial charge on any atom is -0.481 e. The normalized spacial score (nSPS) is 17.1. The molecule has 2 aromatic carbocycles. The molecular formula is C38H42Cl2N6O4. The van der Waals surface area contributed by atoms with Gasteiger partial charge in [0.2, 0.25) is 23.6 Å². The average molecular weight is 718 g/mol. The summed E-state index contributed by atoms with van der Waals surface area (Å²) in [5.41, 5.74) is 6.28. The Morgan fingerprint density at radius 1 is 0.660 bits per heavy atom. The average Bonchev–Trinajstić information content (AvgIpc) is 3.75. The van der Waals surface area contributed by atoms with Crippen molar-refractivity contribution >= 4 is 35.0 Å². The summed E-state index contributed by atoms with van der Waals surface area (Å²) in [4.78, 5) is 32.5. The van der Waals surface area contributed by atoms with E-state index in [-0.39, 0.29) is 23.9 Å². The number of nitrogens with one attached hydrogen (secondary N) is 4. The van der Waals surface area contributed by atoms with Crippen LogP contribution in [0.4, 0.5) is 0 Å². The largest absolute Gasteiger partial charge is 0.481 e. The molecule has 0 aliphatic carbocycles. The Kier molecular flexibility index (Phi) is 11.9. The van der Waals surface area contributed by atoms with Crippen molar-refractivity contribution in [1.82, 2.24) is 31.2 Å². The van der Waals surface area contributed by atoms with Crippen molar-refractivity contribution in [2.75, 3.05) is 27.3 Å². The molecule has 2 amide bonds. The van der Waals surface area contributed by atoms with Gasteiger partial charge in [0.25, 0.3) is 0 Å². The van der Waals surface area contributed by atoms with Crippen molar-refractivity contribution in [1.29, 1.82) is 0 Å². The summed E-state index contributed by atoms with van der Waals surface area (Å²) in [6.07, 6.45) is 4.74. The molecule has 6 rings (SSSR count). The molecule has 2 aromatic heterocycles. The highest BCUT2D eigenvalue weighted by Crippen LogP contribution is 2.42. The van der Waals surface area contributed by atoms with Crippen LogP contribution in [0.25, 0.3) is 33.6 Å². The standard InChI is InChI=1S/C38H42Cl2N6O4/c1-49-37-23(21-41-19-17-25-11-15-33(47)43-25)9-13-31(45-37)29-7-3-5-27(35(29)39)28-6-4-8-30(36(28)40)32-14-10-24(38(46-32)50-2)22-42-20-18-26-12-16-34(48)44-26/h3-10,13-14,25-26,41-42H,11-12,15-22H2,1-2H3,(H,43,47)(H,44,48)/t25-,26-/m0/s1. The zero-order valence-electron chi connectivity index (χ0n) is 28.3. The summed E-state index contributed by atoms with van der Waals surface area (Å²) in [6, 6.07) is 20.0. The van der Waals surface area contributed by atoms with Gasteiger partial charge in [-0.25, -0.2) is 9.97 Å². The first-order valence-corrected chi connectivity index (χ1v) is 17.8. The molecular weight excluding hydrogens is 675 g/mol. The minimum atomic E-state index is 0.131. The van der Waals surface area contributed by atoms with Crippen LogP contribution >= 0.6 is 23.2 Å². The Morgan fingerprint density at radius 3 is 1.46 bits per heavy atom. The van der Waals surface area contributed by atoms with Crippen molar-refractivity contribution in [3.63, 3.8) is 0 Å². The lowest BCUT2D eigenvalue weighted by Gasteiger charge is -2.16. The van der Waals surface area contributed by atoms with Crippen molar-refractivity contribution in [2.24, 2.45) is 0 Å². The van der Waals surface area contributed by atoms with Crippen LogP contribution in [0.3, 0.4) is 0 Å². The number of hydrogen-bond donors (Lipinski definition) is 4. The van der Waals surface area contributed by atoms with E-state index >= 15 is 0 Å². The molecule has 2 atom stereocenters. The quantitative estimate of drug-likeness (QED) is 0.105. The molecule has 262 valence electrons. The second kappa shape index (κ2) is 16.7. The second-order valence-corrected chi connectivity index (χ2v) is 13.4. The number of aromatic nitrogens is 2. The van der Waals surface area contributed by atoms with Crippen LogP contribution in [0.5, 0.6) is 11.8 Å². The molecule has 2 fully saturated rings. The fraction of sp³-hybridized carbons (Fsp3) is 0.368. The van der Waals surface area contributed by atoms with E-state index in [1.807, 2.05) is 60.7 Å². The number of ether oxygens (including phenoxy) is 2. The van der Waals surface area contributed by atoms with E-state index in [9.17, 15) is 9.59 Å². The van der Waals surface area contributed by atoms with Gasteiger partial charge in [0.05, 0.1) is 35.7 Å². The van der Waals surface area contributed by atoms with Crippen molar-refractivity contribution in [3.05, 3.63) is 81.8 Å². The van der Waals surface area contributed by atoms with Gasteiger partial charge in [0, 0.05) is 71.4 Å². The maximum Gasteiger partial charge on any atom is 0.220 e. The Hall–Kier alpha value is -4.22. The molecule has 0 spiro atoms. The number of pyridine rings is 2. The molecule has 12 heteroatoms. The highest BCUT2D eigenvalue weighted by Gasteiger charge is 2.22. The Balaban J connectivity index is 1.16. The molecule has 0 unspecified atom stereocenters. The number of methoxy groups -OCH3 is 2. The zero-order valence-corrected chi connectivity index (χ0v) is 29.8. The number of hydrogen-bond acceptors (Lipinski definition) is 8. The first kappa shape index (κ1) is 35.6. The number of rotatable bonds is 15. The summed E-state index contributed by atoms with van der Waals surface area (Å²) in [7, 11) is 3.22. The van der Waals surface area contributed by atoms with E-state index in [4.69, 9.17) is 42.6 Å². The van der Waals surface area contributed by atoms with E-state index in [1.54, 1.807) is 14.2 Å². The Labute approximate surface area is 302 Å². The molecule has 2 aliphatic heterocycles. The lowest BCUT2D eigenvalue weighted by molar-refractivity contribution is -0.120. The monoisotopic (exact) mass is 716 g/mol. The summed E-state index contributed by atoms with van der Waals surface area (Å²) in [6.45, 7) is 2.72. The van der Waals surface area contributed by atoms with E-state index in [2.05, 4.69) is 21.3 Å². The van der Waals surface area contributed by atoms with Gasteiger partial charge >= 0.3 is 0 Å². The first-order chi connectivity index (χ1) is 24.3. The maximum absolute atomic E-state index is 11.5. The molecule has 4 heterocycles. The number of carbonyl (C=O) groups excluding carboxylic acids is 2. The van der Waals surface area contributed by atoms with Gasteiger partial charge in [-0.3, -0.25) is 9.59 Å². The predicted octanol–water partition coefficient (Wildman–Crippen LogP) is 6.32. The first-order valence-electron chi connectivity index (χ1n) is 17.0. The van der Waals surface area contributed by atoms with Crippen molar-refractivity contribution in [2.45, 2.75) is 63.7 Å². The fourth-order valence-corrected chi connectivity index (χ4v) is 7.17. The van der Waals surface area contributed by atoms with Crippen LogP contribution in [-0.2, 0) is 22.7 Å². The van der Waals surface area contributed by atoms with Crippen molar-refractivity contribution < 1.29 is 19.1 Å². The van der Waals surface area contributed by atoms with Gasteiger partial charge in [-0.05, 0) is 50.9 Å². The third kappa shape index (κ3) is 8.38. The third-order valence-corrected chi connectivity index (χ3v) is 10.1. The smallest absolute Gasteiger partial charge is 0.220 e. The Morgan fingerprint density at radius 2 is 1.08 bits per heavy atom. The summed E-state index contributed by atoms with van der Waals surface area (Å²) in [5, 5.41) is 13.9. The summed E-state index contributed by atoms with van der Waals surface area (Å²) >= 11 is 14.2. The van der Waals surface area contributed by atoms with E-state index in [1.165, 1.54) is 0 Å². The lowest BCUT2D eigenvalue weighted by Crippen LogP contribution is -2.29. The minimum absolute atomic E-state index is 0.131. The highest BCUT2D eigenvalue weighted by molar-refractivity contribution is 6.39. The number of carbonyl (C=O) groups is 2. The lowest BCUT2D eigenvalue weighted by atomic mass is 9.98. The van der Waals surface area contributed by atoms with E-state index in [0.717, 1.165) is 72.2 Å². The molecule has 10 nitrogen and oxygen atoms in total. The predicted molar refractivity (Wildman–Crippen MR) is 196 cm³/mol. The molecule has 0 bridgehead atoms. The van der Waals surface area contributed by atoms with E-state index < -0.39 is 0 Å². The van der Waals surface area contributed by atoms with Crippen LogP contribution in [0.2, 0.25) is 10.0 Å². The Bertz CT molecular complexity index is 1720. The molecule has 0 saturated carbocycles. The van der Waals surface area contributed by atoms with Gasteiger partial charge in [-0.2, -0.15) is 0 Å². The van der Waals surface area contributed by atoms with Crippen LogP contribution in [0.15, 0.2) is 60.7 Å². The maximum atomic E-state index is 11.5. The van der Waals surface area contributed by atoms with Gasteiger partial charge in [-0.15, -0.1) is 0 Å². The summed E-state index contributed by atoms with van der Waals surface area (Å²) < 4.78 is 11.3. The molecule has 0 radical (unpaired) electrons. The van der Waals surface area contributed by atoms with Crippen molar-refractivity contribution in [3.8, 4) is 45.4 Å². The third-order valence-electron chi connectivity index (χ3n) is 9.24. The van der Waals surface area contributed by atoms with Gasteiger partial charge in [0.15, 0.2) is 0 Å². The van der Waals surface area contributed by atoms with Crippen LogP contribution in [0.1, 0.15) is 49.7 Å². The highest BCUT2D eigenvalue weighted by atomic mass is 35.5. The zero-order chi connectivity index (χ0) is 35.0. The SMILES string of the molecule is COc1nc(-c2cccc(-c3cccc(-c4ccc(CNCC[C@@H]5CCC(=O)N5)c(OC)n4)c3Cl)c2Cl)ccc1CNCC[C@@H]1CCC(=O)N1. The van der Waals surface area contributed by atoms with E-state index in [0.29, 0.717) is 59.1 Å². The molecule has 2 saturated heterocycles. The summed E-state index contributed by atoms with van der Waals surface area (Å²) in [5.74, 6) is 1.30. The fourth-order valence-electron chi connectivity index (χ4n) is 6.52. The van der Waals surface area contributed by atoms with Gasteiger partial charge < -0.3 is 30.7 Å². The molecule has 4 N–H and O–H groups in total. The van der Waals surface area contributed by atoms with Crippen LogP contribution in [-0.4, -0.2) is 61.2 Å². The van der Waals surface area contributed by atoms with Gasteiger partial charge in [0.1, 0.15) is 0 Å². The van der Waals surface area contributed by atoms with Crippen LogP contribution < -0.4 is 30.7 Å². The number of benzene rings is 2. The van der Waals surface area contributed by atoms with Crippen LogP contribution in [0, 0.1) is 0 Å². The second-order valence-electron chi connectivity index (χ2n) is 12.6. The topological polar surface area (TPSA) is 126 Å². The number of halogens is 2. The number of nitrogens with zero attached hydrogens (tertiary/aromatic N) is 2.